The Morgan fingerprint density at radius 2 is 1.97 bits per heavy atom. The minimum absolute atomic E-state index is 0.0879. The molecule has 0 unspecified atom stereocenters. The van der Waals surface area contributed by atoms with Gasteiger partial charge in [0, 0.05) is 11.8 Å². The summed E-state index contributed by atoms with van der Waals surface area (Å²) >= 11 is 0. The van der Waals surface area contributed by atoms with Gasteiger partial charge in [0.2, 0.25) is 0 Å². The van der Waals surface area contributed by atoms with Crippen LogP contribution in [0.15, 0.2) is 67.0 Å². The third-order valence-electron chi connectivity index (χ3n) is 4.48. The molecule has 2 aromatic heterocycles. The second kappa shape index (κ2) is 8.57. The van der Waals surface area contributed by atoms with Crippen LogP contribution in [0.2, 0.25) is 0 Å². The van der Waals surface area contributed by atoms with E-state index >= 15 is 0 Å². The highest BCUT2D eigenvalue weighted by atomic mass is 19.3. The highest BCUT2D eigenvalue weighted by Crippen LogP contribution is 2.26. The second-order valence-electron chi connectivity index (χ2n) is 6.39. The van der Waals surface area contributed by atoms with Gasteiger partial charge in [-0.1, -0.05) is 18.2 Å². The van der Waals surface area contributed by atoms with E-state index in [9.17, 15) is 14.0 Å². The number of para-hydroxylation sites is 1. The minimum Gasteiger partial charge on any atom is -0.484 e. The predicted octanol–water partition coefficient (Wildman–Crippen LogP) is 4.53. The molecule has 0 amide bonds. The van der Waals surface area contributed by atoms with E-state index in [2.05, 4.69) is 20.8 Å². The maximum atomic E-state index is 12.8. The number of hydrogen-bond donors (Lipinski definition) is 0. The quantitative estimate of drug-likeness (QED) is 0.451. The van der Waals surface area contributed by atoms with E-state index in [1.165, 1.54) is 6.07 Å². The molecule has 0 aliphatic rings. The van der Waals surface area contributed by atoms with E-state index in [1.807, 2.05) is 4.57 Å². The van der Waals surface area contributed by atoms with Gasteiger partial charge in [0.05, 0.1) is 35.4 Å². The number of nitrogens with zero attached hydrogens (tertiary/aromatic N) is 4. The highest BCUT2D eigenvalue weighted by Gasteiger charge is 2.16. The van der Waals surface area contributed by atoms with Crippen LogP contribution in [0.3, 0.4) is 0 Å². The summed E-state index contributed by atoms with van der Waals surface area (Å²) < 4.78 is 37.9. The average Bonchev–Trinajstić information content (AvgIpc) is 3.10. The Morgan fingerprint density at radius 1 is 1.10 bits per heavy atom. The molecule has 4 rings (SSSR count). The molecule has 8 heteroatoms. The van der Waals surface area contributed by atoms with Crippen molar-refractivity contribution in [2.24, 2.45) is 0 Å². The van der Waals surface area contributed by atoms with Gasteiger partial charge in [-0.2, -0.15) is 14.0 Å². The molecule has 4 aromatic rings. The molecule has 0 fully saturated rings. The van der Waals surface area contributed by atoms with E-state index in [4.69, 9.17) is 4.74 Å². The van der Waals surface area contributed by atoms with Crippen molar-refractivity contribution in [3.8, 4) is 17.6 Å². The summed E-state index contributed by atoms with van der Waals surface area (Å²) in [6, 6.07) is 17.4. The first-order chi connectivity index (χ1) is 14.6. The van der Waals surface area contributed by atoms with Crippen molar-refractivity contribution in [2.75, 3.05) is 0 Å². The van der Waals surface area contributed by atoms with E-state index < -0.39 is 6.61 Å². The van der Waals surface area contributed by atoms with Crippen molar-refractivity contribution in [2.45, 2.75) is 19.8 Å². The molecule has 150 valence electrons. The Bertz CT molecular complexity index is 1200. The lowest BCUT2D eigenvalue weighted by Gasteiger charge is -2.14. The number of imidazole rings is 1. The van der Waals surface area contributed by atoms with E-state index in [0.717, 1.165) is 0 Å². The number of alkyl halides is 2. The largest absolute Gasteiger partial charge is 0.484 e. The van der Waals surface area contributed by atoms with Crippen LogP contribution in [0.25, 0.3) is 11.0 Å². The van der Waals surface area contributed by atoms with Crippen molar-refractivity contribution in [1.29, 1.82) is 5.26 Å². The van der Waals surface area contributed by atoms with Gasteiger partial charge in [-0.25, -0.2) is 4.98 Å². The summed E-state index contributed by atoms with van der Waals surface area (Å²) in [7, 11) is 0. The Morgan fingerprint density at radius 3 is 2.73 bits per heavy atom. The fourth-order valence-corrected chi connectivity index (χ4v) is 3.12. The summed E-state index contributed by atoms with van der Waals surface area (Å²) in [5.74, 6) is 1.25. The molecule has 6 nitrogen and oxygen atoms in total. The summed E-state index contributed by atoms with van der Waals surface area (Å²) in [6.45, 7) is -2.57. The van der Waals surface area contributed by atoms with Gasteiger partial charge in [0.15, 0.2) is 0 Å². The first-order valence-corrected chi connectivity index (χ1v) is 9.09. The first-order valence-electron chi connectivity index (χ1n) is 9.09. The monoisotopic (exact) mass is 406 g/mol. The maximum Gasteiger partial charge on any atom is 0.387 e. The van der Waals surface area contributed by atoms with Crippen molar-refractivity contribution < 1.29 is 18.3 Å². The van der Waals surface area contributed by atoms with Crippen LogP contribution < -0.4 is 9.47 Å². The molecule has 2 heterocycles. The fraction of sp³-hybridized carbons (Fsp3) is 0.136. The lowest BCUT2D eigenvalue weighted by atomic mass is 10.2. The van der Waals surface area contributed by atoms with Crippen LogP contribution in [0.4, 0.5) is 8.78 Å². The Kier molecular flexibility index (Phi) is 5.52. The topological polar surface area (TPSA) is 73.0 Å². The molecule has 0 saturated carbocycles. The van der Waals surface area contributed by atoms with Gasteiger partial charge in [0.25, 0.3) is 0 Å². The third-order valence-corrected chi connectivity index (χ3v) is 4.48. The lowest BCUT2D eigenvalue weighted by Crippen LogP contribution is -2.11. The second-order valence-corrected chi connectivity index (χ2v) is 6.39. The molecule has 0 saturated heterocycles. The lowest BCUT2D eigenvalue weighted by molar-refractivity contribution is -0.0504. The zero-order valence-corrected chi connectivity index (χ0v) is 15.7. The van der Waals surface area contributed by atoms with Crippen LogP contribution >= 0.6 is 0 Å². The summed E-state index contributed by atoms with van der Waals surface area (Å²) in [6.07, 6.45) is 3.23. The molecule has 0 atom stereocenters. The van der Waals surface area contributed by atoms with E-state index in [0.29, 0.717) is 33.7 Å². The van der Waals surface area contributed by atoms with Gasteiger partial charge >= 0.3 is 6.61 Å². The standard InChI is InChI=1S/C22H16F2N4O2/c23-22(24)30-20-6-2-1-4-16(20)13-28-19-10-15(11-25)7-8-18(19)27-21(28)14-29-17-5-3-9-26-12-17/h1-10,12,22H,13-14H2. The minimum atomic E-state index is -2.93. The molecular formula is C22H16F2N4O2. The molecule has 0 aliphatic carbocycles. The molecular weight excluding hydrogens is 390 g/mol. The normalized spacial score (nSPS) is 10.9. The molecule has 30 heavy (non-hydrogen) atoms. The predicted molar refractivity (Wildman–Crippen MR) is 105 cm³/mol. The number of halogens is 2. The molecule has 2 aromatic carbocycles. The van der Waals surface area contributed by atoms with Crippen molar-refractivity contribution in [3.63, 3.8) is 0 Å². The summed E-state index contributed by atoms with van der Waals surface area (Å²) in [4.78, 5) is 8.63. The number of benzene rings is 2. The number of aromatic nitrogens is 3. The molecule has 0 spiro atoms. The van der Waals surface area contributed by atoms with Crippen molar-refractivity contribution in [1.82, 2.24) is 14.5 Å². The van der Waals surface area contributed by atoms with Crippen LogP contribution in [0, 0.1) is 11.3 Å². The van der Waals surface area contributed by atoms with Crippen LogP contribution in [-0.4, -0.2) is 21.1 Å². The number of nitriles is 1. The number of fused-ring (bicyclic) bond motifs is 1. The number of rotatable bonds is 7. The van der Waals surface area contributed by atoms with Gasteiger partial charge in [0.1, 0.15) is 23.9 Å². The maximum absolute atomic E-state index is 12.8. The van der Waals surface area contributed by atoms with E-state index in [1.54, 1.807) is 60.9 Å². The Labute approximate surface area is 170 Å². The highest BCUT2D eigenvalue weighted by molar-refractivity contribution is 5.78. The van der Waals surface area contributed by atoms with Crippen LogP contribution in [0.5, 0.6) is 11.5 Å². The van der Waals surface area contributed by atoms with E-state index in [-0.39, 0.29) is 18.9 Å². The van der Waals surface area contributed by atoms with Gasteiger partial charge < -0.3 is 14.0 Å². The zero-order chi connectivity index (χ0) is 20.9. The number of pyridine rings is 1. The summed E-state index contributed by atoms with van der Waals surface area (Å²) in [5.41, 5.74) is 2.40. The fourth-order valence-electron chi connectivity index (χ4n) is 3.12. The molecule has 0 aliphatic heterocycles. The number of ether oxygens (including phenoxy) is 2. The SMILES string of the molecule is N#Cc1ccc2nc(COc3cccnc3)n(Cc3ccccc3OC(F)F)c2c1. The summed E-state index contributed by atoms with van der Waals surface area (Å²) in [5, 5.41) is 9.27. The van der Waals surface area contributed by atoms with Crippen LogP contribution in [0.1, 0.15) is 17.0 Å². The van der Waals surface area contributed by atoms with Crippen molar-refractivity contribution in [3.05, 3.63) is 83.9 Å². The van der Waals surface area contributed by atoms with Crippen molar-refractivity contribution >= 4 is 11.0 Å². The Hall–Kier alpha value is -3.99. The molecule has 0 bridgehead atoms. The van der Waals surface area contributed by atoms with Gasteiger partial charge in [-0.15, -0.1) is 0 Å². The van der Waals surface area contributed by atoms with Gasteiger partial charge in [-0.05, 0) is 36.4 Å². The Balaban J connectivity index is 1.74. The number of hydrogen-bond acceptors (Lipinski definition) is 5. The molecule has 0 radical (unpaired) electrons. The molecule has 0 N–H and O–H groups in total. The van der Waals surface area contributed by atoms with Gasteiger partial charge in [-0.3, -0.25) is 4.98 Å². The van der Waals surface area contributed by atoms with Crippen LogP contribution in [-0.2, 0) is 13.2 Å². The zero-order valence-electron chi connectivity index (χ0n) is 15.7. The first kappa shape index (κ1) is 19.3. The third kappa shape index (κ3) is 4.20. The average molecular weight is 406 g/mol. The smallest absolute Gasteiger partial charge is 0.387 e.